The lowest BCUT2D eigenvalue weighted by Gasteiger charge is -2.34. The van der Waals surface area contributed by atoms with Crippen LogP contribution in [-0.4, -0.2) is 88.3 Å². The van der Waals surface area contributed by atoms with E-state index in [1.165, 1.54) is 0 Å². The molecule has 1 unspecified atom stereocenters. The van der Waals surface area contributed by atoms with E-state index in [0.29, 0.717) is 18.6 Å². The van der Waals surface area contributed by atoms with E-state index in [1.54, 1.807) is 26.1 Å². The van der Waals surface area contributed by atoms with Crippen LogP contribution < -0.4 is 15.4 Å². The Labute approximate surface area is 186 Å². The molecule has 2 aliphatic heterocycles. The number of amides is 1. The van der Waals surface area contributed by atoms with Crippen LogP contribution in [0.5, 0.6) is 5.75 Å². The number of likely N-dealkylation sites (N-methyl/N-ethyl adjacent to an activating group) is 1. The Morgan fingerprint density at radius 2 is 2.00 bits per heavy atom. The van der Waals surface area contributed by atoms with Crippen LogP contribution >= 0.6 is 0 Å². The van der Waals surface area contributed by atoms with Gasteiger partial charge in [-0.1, -0.05) is 18.2 Å². The number of carbonyl (C=O) groups excluding carboxylic acids is 1. The normalized spacial score (nSPS) is 20.0. The molecule has 31 heavy (non-hydrogen) atoms. The largest absolute Gasteiger partial charge is 0.493 e. The lowest BCUT2D eigenvalue weighted by molar-refractivity contribution is -0.127. The van der Waals surface area contributed by atoms with E-state index in [9.17, 15) is 4.79 Å². The van der Waals surface area contributed by atoms with Crippen molar-refractivity contribution in [3.63, 3.8) is 0 Å². The quantitative estimate of drug-likeness (QED) is 0.370. The first-order valence-corrected chi connectivity index (χ1v) is 11.3. The molecule has 1 atom stereocenters. The predicted molar refractivity (Wildman–Crippen MR) is 123 cm³/mol. The maximum Gasteiger partial charge on any atom is 0.243 e. The highest BCUT2D eigenvalue weighted by Crippen LogP contribution is 2.31. The number of likely N-dealkylation sites (tertiary alicyclic amines) is 1. The first-order valence-electron chi connectivity index (χ1n) is 11.3. The summed E-state index contributed by atoms with van der Waals surface area (Å²) in [5.74, 6) is 1.61. The second kappa shape index (κ2) is 11.9. The molecule has 2 heterocycles. The summed E-state index contributed by atoms with van der Waals surface area (Å²) >= 11 is 0. The molecule has 1 saturated heterocycles. The Morgan fingerprint density at radius 1 is 1.23 bits per heavy atom. The fourth-order valence-electron chi connectivity index (χ4n) is 4.00. The van der Waals surface area contributed by atoms with Crippen molar-refractivity contribution in [2.75, 3.05) is 60.6 Å². The van der Waals surface area contributed by atoms with Crippen LogP contribution in [0.2, 0.25) is 0 Å². The zero-order valence-electron chi connectivity index (χ0n) is 19.1. The van der Waals surface area contributed by atoms with Gasteiger partial charge in [-0.15, -0.1) is 0 Å². The zero-order chi connectivity index (χ0) is 22.1. The molecule has 2 N–H and O–H groups in total. The summed E-state index contributed by atoms with van der Waals surface area (Å²) < 4.78 is 11.0. The lowest BCUT2D eigenvalue weighted by Crippen LogP contribution is -2.50. The van der Waals surface area contributed by atoms with Crippen LogP contribution in [0.15, 0.2) is 29.3 Å². The number of piperidine rings is 1. The molecule has 0 aliphatic carbocycles. The molecule has 1 fully saturated rings. The second-order valence-corrected chi connectivity index (χ2v) is 8.43. The molecule has 3 rings (SSSR count). The molecule has 0 spiro atoms. The van der Waals surface area contributed by atoms with Crippen molar-refractivity contribution in [1.29, 1.82) is 0 Å². The molecule has 1 amide bonds. The van der Waals surface area contributed by atoms with E-state index < -0.39 is 0 Å². The molecule has 1 aromatic carbocycles. The van der Waals surface area contributed by atoms with Gasteiger partial charge >= 0.3 is 0 Å². The minimum Gasteiger partial charge on any atom is -0.493 e. The van der Waals surface area contributed by atoms with Crippen LogP contribution in [0.4, 0.5) is 0 Å². The molecular formula is C23H37N5O3. The number of aliphatic imine (C=N–C) groups is 1. The van der Waals surface area contributed by atoms with Gasteiger partial charge in [0.25, 0.3) is 0 Å². The van der Waals surface area contributed by atoms with Crippen molar-refractivity contribution in [3.8, 4) is 5.75 Å². The van der Waals surface area contributed by atoms with Gasteiger partial charge in [0.05, 0.1) is 12.6 Å². The van der Waals surface area contributed by atoms with E-state index in [2.05, 4.69) is 26.6 Å². The molecule has 172 valence electrons. The van der Waals surface area contributed by atoms with E-state index in [1.807, 2.05) is 18.2 Å². The predicted octanol–water partition coefficient (Wildman–Crippen LogP) is 1.63. The minimum atomic E-state index is -0.0126. The van der Waals surface area contributed by atoms with Crippen molar-refractivity contribution in [1.82, 2.24) is 20.4 Å². The molecule has 8 nitrogen and oxygen atoms in total. The van der Waals surface area contributed by atoms with Crippen molar-refractivity contribution in [2.45, 2.75) is 37.8 Å². The Morgan fingerprint density at radius 3 is 2.74 bits per heavy atom. The highest BCUT2D eigenvalue weighted by Gasteiger charge is 2.24. The molecule has 0 aromatic heterocycles. The van der Waals surface area contributed by atoms with Crippen molar-refractivity contribution >= 4 is 11.9 Å². The number of benzene rings is 1. The summed E-state index contributed by atoms with van der Waals surface area (Å²) in [6, 6.07) is 8.57. The fraction of sp³-hybridized carbons (Fsp3) is 0.652. The third kappa shape index (κ3) is 7.11. The molecule has 1 aromatic rings. The standard InChI is InChI=1S/C23H37N5O3/c1-27(2)22(29)17-24-23(25-18-9-13-28(14-10-18)12-6-15-30-3)26-20-11-16-31-21-8-5-4-7-19(20)21/h4-5,7-8,18,20H,6,9-17H2,1-3H3,(H2,24,25,26). The van der Waals surface area contributed by atoms with Gasteiger partial charge in [-0.3, -0.25) is 4.79 Å². The first kappa shape index (κ1) is 23.3. The van der Waals surface area contributed by atoms with Crippen molar-refractivity contribution in [3.05, 3.63) is 29.8 Å². The number of hydrogen-bond donors (Lipinski definition) is 2. The van der Waals surface area contributed by atoms with Gasteiger partial charge in [-0.05, 0) is 25.3 Å². The number of ether oxygens (including phenoxy) is 2. The number of rotatable bonds is 8. The number of para-hydroxylation sites is 1. The van der Waals surface area contributed by atoms with Crippen molar-refractivity contribution in [2.24, 2.45) is 4.99 Å². The number of guanidine groups is 1. The summed E-state index contributed by atoms with van der Waals surface area (Å²) in [5, 5.41) is 7.16. The third-order valence-electron chi connectivity index (χ3n) is 5.89. The number of carbonyl (C=O) groups is 1. The Balaban J connectivity index is 1.61. The number of methoxy groups -OCH3 is 1. The topological polar surface area (TPSA) is 78.4 Å². The highest BCUT2D eigenvalue weighted by atomic mass is 16.5. The van der Waals surface area contributed by atoms with Crippen LogP contribution in [-0.2, 0) is 9.53 Å². The summed E-state index contributed by atoms with van der Waals surface area (Å²) in [4.78, 5) is 20.8. The average Bonchev–Trinajstić information content (AvgIpc) is 2.78. The van der Waals surface area contributed by atoms with E-state index in [-0.39, 0.29) is 18.5 Å². The Kier molecular flexibility index (Phi) is 8.97. The number of fused-ring (bicyclic) bond motifs is 1. The van der Waals surface area contributed by atoms with E-state index in [4.69, 9.17) is 9.47 Å². The smallest absolute Gasteiger partial charge is 0.243 e. The van der Waals surface area contributed by atoms with Crippen molar-refractivity contribution < 1.29 is 14.3 Å². The maximum absolute atomic E-state index is 12.1. The maximum atomic E-state index is 12.1. The second-order valence-electron chi connectivity index (χ2n) is 8.43. The summed E-state index contributed by atoms with van der Waals surface area (Å²) in [5.41, 5.74) is 1.13. The minimum absolute atomic E-state index is 0.0126. The zero-order valence-corrected chi connectivity index (χ0v) is 19.1. The summed E-state index contributed by atoms with van der Waals surface area (Å²) in [6.07, 6.45) is 4.04. The Bertz CT molecular complexity index is 732. The average molecular weight is 432 g/mol. The number of nitrogens with zero attached hydrogens (tertiary/aromatic N) is 3. The molecule has 8 heteroatoms. The Hall–Kier alpha value is -2.32. The van der Waals surface area contributed by atoms with Crippen LogP contribution in [0.3, 0.4) is 0 Å². The van der Waals surface area contributed by atoms with Crippen LogP contribution in [0.25, 0.3) is 0 Å². The fourth-order valence-corrected chi connectivity index (χ4v) is 4.00. The monoisotopic (exact) mass is 431 g/mol. The number of nitrogens with one attached hydrogen (secondary N) is 2. The SMILES string of the molecule is COCCCN1CCC(NC(=NCC(=O)N(C)C)NC2CCOc3ccccc32)CC1. The molecular weight excluding hydrogens is 394 g/mol. The first-order chi connectivity index (χ1) is 15.1. The van der Waals surface area contributed by atoms with Gasteiger partial charge in [0.15, 0.2) is 5.96 Å². The molecule has 2 aliphatic rings. The van der Waals surface area contributed by atoms with Gasteiger partial charge in [-0.2, -0.15) is 0 Å². The molecule has 0 radical (unpaired) electrons. The van der Waals surface area contributed by atoms with Gasteiger partial charge < -0.3 is 29.9 Å². The third-order valence-corrected chi connectivity index (χ3v) is 5.89. The lowest BCUT2D eigenvalue weighted by atomic mass is 10.0. The highest BCUT2D eigenvalue weighted by molar-refractivity contribution is 5.85. The van der Waals surface area contributed by atoms with E-state index in [0.717, 1.165) is 63.2 Å². The van der Waals surface area contributed by atoms with E-state index >= 15 is 0 Å². The summed E-state index contributed by atoms with van der Waals surface area (Å²) in [6.45, 7) is 4.81. The van der Waals surface area contributed by atoms with Crippen LogP contribution in [0.1, 0.15) is 37.3 Å². The van der Waals surface area contributed by atoms with Gasteiger partial charge in [-0.25, -0.2) is 4.99 Å². The van der Waals surface area contributed by atoms with Gasteiger partial charge in [0, 0.05) is 65.5 Å². The van der Waals surface area contributed by atoms with Gasteiger partial charge in [0.2, 0.25) is 5.91 Å². The van der Waals surface area contributed by atoms with Gasteiger partial charge in [0.1, 0.15) is 12.3 Å². The van der Waals surface area contributed by atoms with Crippen LogP contribution in [0, 0.1) is 0 Å². The number of hydrogen-bond acceptors (Lipinski definition) is 5. The molecule has 0 saturated carbocycles. The molecule has 0 bridgehead atoms. The summed E-state index contributed by atoms with van der Waals surface area (Å²) in [7, 11) is 5.26.